The number of thiazole rings is 1. The molecule has 14 heteroatoms. The first-order valence-electron chi connectivity index (χ1n) is 17.2. The Bertz CT molecular complexity index is 2370. The van der Waals surface area contributed by atoms with Crippen LogP contribution < -0.4 is 5.32 Å². The predicted molar refractivity (Wildman–Crippen MR) is 199 cm³/mol. The Balaban J connectivity index is 1.12. The maximum Gasteiger partial charge on any atom is 0.248 e. The largest absolute Gasteiger partial charge is 0.507 e. The third-order valence-corrected chi connectivity index (χ3v) is 10.6. The van der Waals surface area contributed by atoms with Gasteiger partial charge in [-0.2, -0.15) is 5.26 Å². The fourth-order valence-corrected chi connectivity index (χ4v) is 7.64. The van der Waals surface area contributed by atoms with Crippen LogP contribution in [0.15, 0.2) is 78.4 Å². The molecule has 6 aromatic rings. The van der Waals surface area contributed by atoms with Crippen molar-refractivity contribution in [1.82, 2.24) is 40.4 Å². The minimum atomic E-state index is -0.881. The van der Waals surface area contributed by atoms with Gasteiger partial charge in [-0.1, -0.05) is 55.5 Å². The number of phenols is 1. The van der Waals surface area contributed by atoms with E-state index < -0.39 is 18.2 Å². The van der Waals surface area contributed by atoms with Gasteiger partial charge in [-0.3, -0.25) is 9.59 Å². The van der Waals surface area contributed by atoms with Gasteiger partial charge >= 0.3 is 0 Å². The summed E-state index contributed by atoms with van der Waals surface area (Å²) >= 11 is 1.58. The molecule has 268 valence electrons. The summed E-state index contributed by atoms with van der Waals surface area (Å²) in [4.78, 5) is 34.8. The standard InChI is InChI=1S/C39H37N9O4S/c1-21(2)36(39(52)47-18-28(49)16-34(47)38(51)42-22(3)24-9-11-25(12-10-24)37-23(4)41-20-53-37)48-19-33(45-46-48)30-13-26-14-32(29-7-5-6-8-35(29)50)44-43-31(26)15-27(30)17-40/h5-15,19-22,28,34,36,49-50H,16,18H2,1-4H3,(H,42,51)/t22-,28+,34-,36-/m0/s1. The number of carbonyl (C=O) groups is 2. The van der Waals surface area contributed by atoms with Crippen molar-refractivity contribution < 1.29 is 19.8 Å². The van der Waals surface area contributed by atoms with Crippen LogP contribution in [0.5, 0.6) is 5.75 Å². The lowest BCUT2D eigenvalue weighted by Gasteiger charge is -2.30. The molecule has 4 heterocycles. The Morgan fingerprint density at radius 1 is 1.00 bits per heavy atom. The van der Waals surface area contributed by atoms with E-state index in [-0.39, 0.29) is 42.5 Å². The number of amides is 2. The van der Waals surface area contributed by atoms with Crippen LogP contribution in [0.1, 0.15) is 56.1 Å². The van der Waals surface area contributed by atoms with Crippen molar-refractivity contribution in [3.05, 3.63) is 95.3 Å². The van der Waals surface area contributed by atoms with Crippen molar-refractivity contribution >= 4 is 34.1 Å². The molecule has 0 saturated carbocycles. The van der Waals surface area contributed by atoms with Gasteiger partial charge < -0.3 is 20.4 Å². The molecule has 7 rings (SSSR count). The van der Waals surface area contributed by atoms with E-state index in [1.807, 2.05) is 57.5 Å². The van der Waals surface area contributed by atoms with E-state index in [0.29, 0.717) is 39.0 Å². The van der Waals surface area contributed by atoms with E-state index in [4.69, 9.17) is 0 Å². The number of aromatic nitrogens is 6. The van der Waals surface area contributed by atoms with Crippen molar-refractivity contribution in [1.29, 1.82) is 5.26 Å². The molecule has 0 bridgehead atoms. The van der Waals surface area contributed by atoms with Crippen molar-refractivity contribution in [2.24, 2.45) is 5.92 Å². The van der Waals surface area contributed by atoms with Crippen LogP contribution in [0.2, 0.25) is 0 Å². The van der Waals surface area contributed by atoms with Gasteiger partial charge in [0.2, 0.25) is 11.8 Å². The lowest BCUT2D eigenvalue weighted by atomic mass is 10.0. The first-order chi connectivity index (χ1) is 25.5. The first-order valence-corrected chi connectivity index (χ1v) is 18.1. The fourth-order valence-electron chi connectivity index (χ4n) is 6.83. The summed E-state index contributed by atoms with van der Waals surface area (Å²) in [6.07, 6.45) is 0.854. The number of β-amino-alcohol motifs (C(OH)–C–C–N with tert-alkyl or cyclic N) is 1. The normalized spacial score (nSPS) is 16.8. The fraction of sp³-hybridized carbons (Fsp3) is 0.282. The van der Waals surface area contributed by atoms with Crippen LogP contribution in [0.3, 0.4) is 0 Å². The second kappa shape index (κ2) is 14.5. The van der Waals surface area contributed by atoms with Crippen LogP contribution in [0, 0.1) is 24.2 Å². The Hall–Kier alpha value is -6.04. The number of aromatic hydroxyl groups is 1. The Morgan fingerprint density at radius 2 is 1.77 bits per heavy atom. The first kappa shape index (κ1) is 35.4. The predicted octanol–water partition coefficient (Wildman–Crippen LogP) is 5.60. The van der Waals surface area contributed by atoms with Crippen LogP contribution in [-0.4, -0.2) is 75.8 Å². The van der Waals surface area contributed by atoms with E-state index in [1.54, 1.807) is 60.0 Å². The number of fused-ring (bicyclic) bond motifs is 1. The Morgan fingerprint density at radius 3 is 2.47 bits per heavy atom. The molecule has 1 aliphatic rings. The zero-order chi connectivity index (χ0) is 37.4. The maximum absolute atomic E-state index is 14.3. The van der Waals surface area contributed by atoms with Crippen LogP contribution >= 0.6 is 11.3 Å². The third-order valence-electron chi connectivity index (χ3n) is 9.62. The van der Waals surface area contributed by atoms with Crippen molar-refractivity contribution in [3.63, 3.8) is 0 Å². The smallest absolute Gasteiger partial charge is 0.248 e. The summed E-state index contributed by atoms with van der Waals surface area (Å²) in [6, 6.07) is 20.0. The lowest BCUT2D eigenvalue weighted by molar-refractivity contribution is -0.142. The highest BCUT2D eigenvalue weighted by Crippen LogP contribution is 2.33. The van der Waals surface area contributed by atoms with E-state index in [2.05, 4.69) is 36.9 Å². The minimum Gasteiger partial charge on any atom is -0.507 e. The Labute approximate surface area is 309 Å². The number of carbonyl (C=O) groups excluding carboxylic acids is 2. The number of benzene rings is 3. The molecule has 1 aliphatic heterocycles. The molecule has 0 radical (unpaired) electrons. The summed E-state index contributed by atoms with van der Waals surface area (Å²) in [7, 11) is 0. The maximum atomic E-state index is 14.3. The highest BCUT2D eigenvalue weighted by Gasteiger charge is 2.43. The molecule has 0 unspecified atom stereocenters. The molecule has 2 amide bonds. The van der Waals surface area contributed by atoms with Crippen molar-refractivity contribution in [3.8, 4) is 44.8 Å². The van der Waals surface area contributed by atoms with Crippen LogP contribution in [0.4, 0.5) is 0 Å². The molecule has 53 heavy (non-hydrogen) atoms. The molecule has 0 aliphatic carbocycles. The van der Waals surface area contributed by atoms with Crippen molar-refractivity contribution in [2.75, 3.05) is 6.54 Å². The van der Waals surface area contributed by atoms with Gasteiger partial charge in [0.15, 0.2) is 0 Å². The van der Waals surface area contributed by atoms with Gasteiger partial charge in [-0.15, -0.1) is 26.6 Å². The molecule has 1 fully saturated rings. The number of likely N-dealkylation sites (tertiary alicyclic amines) is 1. The van der Waals surface area contributed by atoms with Gasteiger partial charge in [-0.05, 0) is 61.2 Å². The monoisotopic (exact) mass is 727 g/mol. The quantitative estimate of drug-likeness (QED) is 0.170. The average Bonchev–Trinajstić information content (AvgIpc) is 3.91. The molecular formula is C39H37N9O4S. The summed E-state index contributed by atoms with van der Waals surface area (Å²) in [5, 5.41) is 52.0. The zero-order valence-electron chi connectivity index (χ0n) is 29.5. The van der Waals surface area contributed by atoms with Crippen molar-refractivity contribution in [2.45, 2.75) is 58.3 Å². The topological polar surface area (TPSA) is 183 Å². The molecule has 13 nitrogen and oxygen atoms in total. The van der Waals surface area contributed by atoms with E-state index in [1.165, 1.54) is 9.58 Å². The van der Waals surface area contributed by atoms with E-state index >= 15 is 0 Å². The lowest BCUT2D eigenvalue weighted by Crippen LogP contribution is -2.49. The zero-order valence-corrected chi connectivity index (χ0v) is 30.3. The molecule has 3 aromatic heterocycles. The molecule has 1 saturated heterocycles. The Kier molecular flexibility index (Phi) is 9.70. The summed E-state index contributed by atoms with van der Waals surface area (Å²) in [5.74, 6) is -0.920. The number of aryl methyl sites for hydroxylation is 1. The second-order valence-corrected chi connectivity index (χ2v) is 14.5. The molecule has 4 atom stereocenters. The highest BCUT2D eigenvalue weighted by molar-refractivity contribution is 7.13. The van der Waals surface area contributed by atoms with Gasteiger partial charge in [0.05, 0.1) is 57.3 Å². The number of rotatable bonds is 9. The average molecular weight is 728 g/mol. The summed E-state index contributed by atoms with van der Waals surface area (Å²) < 4.78 is 1.46. The molecule has 0 spiro atoms. The highest BCUT2D eigenvalue weighted by atomic mass is 32.1. The number of phenolic OH excluding ortho intramolecular Hbond substituents is 1. The number of aliphatic hydroxyl groups excluding tert-OH is 1. The number of nitrogens with one attached hydrogen (secondary N) is 1. The van der Waals surface area contributed by atoms with Crippen LogP contribution in [-0.2, 0) is 9.59 Å². The number of nitriles is 1. The van der Waals surface area contributed by atoms with Gasteiger partial charge in [0, 0.05) is 29.5 Å². The van der Waals surface area contributed by atoms with Crippen LogP contribution in [0.25, 0.3) is 43.9 Å². The molecule has 3 aromatic carbocycles. The third kappa shape index (κ3) is 6.96. The van der Waals surface area contributed by atoms with Gasteiger partial charge in [0.1, 0.15) is 23.5 Å². The van der Waals surface area contributed by atoms with Gasteiger partial charge in [-0.25, -0.2) is 9.67 Å². The number of para-hydroxylation sites is 1. The molecular weight excluding hydrogens is 691 g/mol. The second-order valence-electron chi connectivity index (χ2n) is 13.6. The summed E-state index contributed by atoms with van der Waals surface area (Å²) in [6.45, 7) is 7.61. The summed E-state index contributed by atoms with van der Waals surface area (Å²) in [5.41, 5.74) is 7.34. The molecule has 3 N–H and O–H groups in total. The van der Waals surface area contributed by atoms with E-state index in [9.17, 15) is 25.1 Å². The van der Waals surface area contributed by atoms with E-state index in [0.717, 1.165) is 21.7 Å². The number of aliphatic hydroxyl groups is 1. The number of nitrogens with zero attached hydrogens (tertiary/aromatic N) is 8. The minimum absolute atomic E-state index is 0.00254. The number of hydrogen-bond donors (Lipinski definition) is 3. The number of hydrogen-bond acceptors (Lipinski definition) is 11. The van der Waals surface area contributed by atoms with Gasteiger partial charge in [0.25, 0.3) is 0 Å². The SMILES string of the molecule is Cc1ncsc1-c1ccc([C@H](C)NC(=O)[C@@H]2C[C@@H](O)CN2C(=O)[C@H](C(C)C)n2cc(-c3cc4cc(-c5ccccc5O)nnc4cc3C#N)nn2)cc1.